The van der Waals surface area contributed by atoms with Crippen molar-refractivity contribution in [1.82, 2.24) is 9.97 Å². The van der Waals surface area contributed by atoms with Crippen molar-refractivity contribution in [3.05, 3.63) is 59.9 Å². The zero-order valence-corrected chi connectivity index (χ0v) is 15.6. The molecular formula is C22H22N4O. The van der Waals surface area contributed by atoms with Crippen LogP contribution in [-0.4, -0.2) is 36.1 Å². The molecule has 0 radical (unpaired) electrons. The average molecular weight is 358 g/mol. The van der Waals surface area contributed by atoms with Gasteiger partial charge in [0.05, 0.1) is 0 Å². The molecule has 136 valence electrons. The van der Waals surface area contributed by atoms with Crippen molar-refractivity contribution in [2.45, 2.75) is 13.8 Å². The quantitative estimate of drug-likeness (QED) is 0.534. The van der Waals surface area contributed by atoms with Crippen LogP contribution in [0.1, 0.15) is 11.4 Å². The Morgan fingerprint density at radius 2 is 1.63 bits per heavy atom. The number of rotatable bonds is 2. The van der Waals surface area contributed by atoms with Gasteiger partial charge in [-0.15, -0.1) is 0 Å². The summed E-state index contributed by atoms with van der Waals surface area (Å²) in [5.74, 6) is 1.70. The summed E-state index contributed by atoms with van der Waals surface area (Å²) in [4.78, 5) is 14.1. The van der Waals surface area contributed by atoms with E-state index in [1.165, 1.54) is 11.3 Å². The zero-order valence-electron chi connectivity index (χ0n) is 15.6. The van der Waals surface area contributed by atoms with Crippen molar-refractivity contribution in [3.8, 4) is 0 Å². The molecule has 1 aliphatic rings. The molecule has 1 saturated heterocycles. The Balaban J connectivity index is 1.48. The highest BCUT2D eigenvalue weighted by molar-refractivity contribution is 6.05. The number of aryl methyl sites for hydroxylation is 2. The molecule has 5 nitrogen and oxygen atoms in total. The molecule has 1 fully saturated rings. The van der Waals surface area contributed by atoms with E-state index in [2.05, 4.69) is 52.0 Å². The second kappa shape index (κ2) is 6.27. The SMILES string of the molecule is Cc1cccc(N2CCN(c3nc(C)nc4c3oc3ccccc34)CC2)c1. The van der Waals surface area contributed by atoms with E-state index in [1.807, 2.05) is 25.1 Å². The van der Waals surface area contributed by atoms with Gasteiger partial charge in [0.2, 0.25) is 0 Å². The van der Waals surface area contributed by atoms with Gasteiger partial charge in [-0.2, -0.15) is 0 Å². The Hall–Kier alpha value is -3.08. The van der Waals surface area contributed by atoms with Gasteiger partial charge in [0, 0.05) is 37.3 Å². The van der Waals surface area contributed by atoms with Gasteiger partial charge in [-0.25, -0.2) is 9.97 Å². The normalized spacial score (nSPS) is 15.0. The van der Waals surface area contributed by atoms with Crippen LogP contribution in [0, 0.1) is 13.8 Å². The van der Waals surface area contributed by atoms with Gasteiger partial charge < -0.3 is 14.2 Å². The fraction of sp³-hybridized carbons (Fsp3) is 0.273. The second-order valence-corrected chi connectivity index (χ2v) is 7.18. The molecule has 2 aromatic carbocycles. The summed E-state index contributed by atoms with van der Waals surface area (Å²) >= 11 is 0. The molecule has 27 heavy (non-hydrogen) atoms. The van der Waals surface area contributed by atoms with Gasteiger partial charge in [0.15, 0.2) is 11.4 Å². The van der Waals surface area contributed by atoms with Crippen LogP contribution in [-0.2, 0) is 0 Å². The molecule has 0 spiro atoms. The topological polar surface area (TPSA) is 45.4 Å². The van der Waals surface area contributed by atoms with E-state index in [4.69, 9.17) is 9.40 Å². The van der Waals surface area contributed by atoms with Crippen LogP contribution in [0.5, 0.6) is 0 Å². The molecule has 0 unspecified atom stereocenters. The molecule has 4 aromatic rings. The summed E-state index contributed by atoms with van der Waals surface area (Å²) < 4.78 is 6.14. The number of benzene rings is 2. The monoisotopic (exact) mass is 358 g/mol. The minimum atomic E-state index is 0.783. The molecular weight excluding hydrogens is 336 g/mol. The predicted octanol–water partition coefficient (Wildman–Crippen LogP) is 4.32. The predicted molar refractivity (Wildman–Crippen MR) is 110 cm³/mol. The zero-order chi connectivity index (χ0) is 18.4. The fourth-order valence-electron chi connectivity index (χ4n) is 3.90. The summed E-state index contributed by atoms with van der Waals surface area (Å²) in [6.45, 7) is 7.85. The first kappa shape index (κ1) is 16.1. The number of nitrogens with zero attached hydrogens (tertiary/aromatic N) is 4. The van der Waals surface area contributed by atoms with Gasteiger partial charge in [0.25, 0.3) is 0 Å². The Kier molecular flexibility index (Phi) is 3.74. The van der Waals surface area contributed by atoms with Gasteiger partial charge in [-0.3, -0.25) is 0 Å². The molecule has 0 atom stereocenters. The lowest BCUT2D eigenvalue weighted by Gasteiger charge is -2.36. The van der Waals surface area contributed by atoms with Crippen LogP contribution < -0.4 is 9.80 Å². The van der Waals surface area contributed by atoms with Crippen molar-refractivity contribution in [2.75, 3.05) is 36.0 Å². The number of para-hydroxylation sites is 1. The smallest absolute Gasteiger partial charge is 0.196 e. The maximum absolute atomic E-state index is 6.14. The highest BCUT2D eigenvalue weighted by Crippen LogP contribution is 2.33. The van der Waals surface area contributed by atoms with Crippen molar-refractivity contribution in [3.63, 3.8) is 0 Å². The first-order valence-electron chi connectivity index (χ1n) is 9.41. The molecule has 0 saturated carbocycles. The van der Waals surface area contributed by atoms with E-state index in [1.54, 1.807) is 0 Å². The summed E-state index contributed by atoms with van der Waals surface area (Å²) in [7, 11) is 0. The summed E-state index contributed by atoms with van der Waals surface area (Å²) in [6.07, 6.45) is 0. The average Bonchev–Trinajstić information content (AvgIpc) is 3.06. The lowest BCUT2D eigenvalue weighted by atomic mass is 10.2. The molecule has 3 heterocycles. The number of anilines is 2. The molecule has 0 aliphatic carbocycles. The van der Waals surface area contributed by atoms with Gasteiger partial charge >= 0.3 is 0 Å². The minimum Gasteiger partial charge on any atom is -0.450 e. The van der Waals surface area contributed by atoms with Gasteiger partial charge in [-0.1, -0.05) is 24.3 Å². The van der Waals surface area contributed by atoms with Crippen LogP contribution >= 0.6 is 0 Å². The Labute approximate surface area is 158 Å². The first-order chi connectivity index (χ1) is 13.2. The lowest BCUT2D eigenvalue weighted by Crippen LogP contribution is -2.47. The first-order valence-corrected chi connectivity index (χ1v) is 9.41. The van der Waals surface area contributed by atoms with E-state index in [0.717, 1.165) is 59.9 Å². The maximum Gasteiger partial charge on any atom is 0.196 e. The van der Waals surface area contributed by atoms with Crippen LogP contribution in [0.15, 0.2) is 52.9 Å². The van der Waals surface area contributed by atoms with E-state index in [-0.39, 0.29) is 0 Å². The molecule has 0 amide bonds. The van der Waals surface area contributed by atoms with Gasteiger partial charge in [0.1, 0.15) is 16.9 Å². The highest BCUT2D eigenvalue weighted by atomic mass is 16.3. The van der Waals surface area contributed by atoms with Crippen LogP contribution in [0.25, 0.3) is 22.1 Å². The highest BCUT2D eigenvalue weighted by Gasteiger charge is 2.23. The minimum absolute atomic E-state index is 0.783. The third-order valence-corrected chi connectivity index (χ3v) is 5.26. The third kappa shape index (κ3) is 2.79. The maximum atomic E-state index is 6.14. The summed E-state index contributed by atoms with van der Waals surface area (Å²) in [6, 6.07) is 16.8. The van der Waals surface area contributed by atoms with E-state index in [0.29, 0.717) is 0 Å². The standard InChI is InChI=1S/C22H22N4O/c1-15-6-5-7-17(14-15)25-10-12-26(13-11-25)22-21-20(23-16(2)24-22)18-8-3-4-9-19(18)27-21/h3-9,14H,10-13H2,1-2H3. The van der Waals surface area contributed by atoms with Crippen molar-refractivity contribution in [2.24, 2.45) is 0 Å². The third-order valence-electron chi connectivity index (χ3n) is 5.26. The van der Waals surface area contributed by atoms with Crippen molar-refractivity contribution in [1.29, 1.82) is 0 Å². The van der Waals surface area contributed by atoms with Crippen LogP contribution in [0.3, 0.4) is 0 Å². The van der Waals surface area contributed by atoms with E-state index >= 15 is 0 Å². The number of fused-ring (bicyclic) bond motifs is 3. The van der Waals surface area contributed by atoms with Crippen LogP contribution in [0.2, 0.25) is 0 Å². The van der Waals surface area contributed by atoms with Crippen molar-refractivity contribution >= 4 is 33.6 Å². The molecule has 5 rings (SSSR count). The Morgan fingerprint density at radius 3 is 2.44 bits per heavy atom. The Morgan fingerprint density at radius 1 is 0.852 bits per heavy atom. The summed E-state index contributed by atoms with van der Waals surface area (Å²) in [5.41, 5.74) is 5.17. The largest absolute Gasteiger partial charge is 0.450 e. The number of aromatic nitrogens is 2. The lowest BCUT2D eigenvalue weighted by molar-refractivity contribution is 0.628. The second-order valence-electron chi connectivity index (χ2n) is 7.18. The van der Waals surface area contributed by atoms with Crippen LogP contribution in [0.4, 0.5) is 11.5 Å². The number of piperazine rings is 1. The number of hydrogen-bond acceptors (Lipinski definition) is 5. The molecule has 0 N–H and O–H groups in total. The van der Waals surface area contributed by atoms with E-state index < -0.39 is 0 Å². The molecule has 0 bridgehead atoms. The number of hydrogen-bond donors (Lipinski definition) is 0. The Bertz CT molecular complexity index is 1130. The summed E-state index contributed by atoms with van der Waals surface area (Å²) in [5, 5.41) is 1.05. The molecule has 5 heteroatoms. The number of furan rings is 1. The van der Waals surface area contributed by atoms with E-state index in [9.17, 15) is 0 Å². The van der Waals surface area contributed by atoms with Gasteiger partial charge in [-0.05, 0) is 43.7 Å². The molecule has 1 aliphatic heterocycles. The fourth-order valence-corrected chi connectivity index (χ4v) is 3.90. The van der Waals surface area contributed by atoms with Crippen molar-refractivity contribution < 1.29 is 4.42 Å². The molecule has 2 aromatic heterocycles.